The van der Waals surface area contributed by atoms with Crippen LogP contribution in [0, 0.1) is 6.92 Å². The molecule has 0 bridgehead atoms. The molecule has 0 radical (unpaired) electrons. The Labute approximate surface area is 266 Å². The smallest absolute Gasteiger partial charge is 0.264 e. The van der Waals surface area contributed by atoms with Crippen molar-refractivity contribution < 1.29 is 18.0 Å². The molecular formula is C33H33BrClN3O4S. The van der Waals surface area contributed by atoms with Crippen LogP contribution in [0.25, 0.3) is 0 Å². The van der Waals surface area contributed by atoms with E-state index in [4.69, 9.17) is 11.6 Å². The summed E-state index contributed by atoms with van der Waals surface area (Å²) < 4.78 is 29.9. The highest BCUT2D eigenvalue weighted by molar-refractivity contribution is 9.10. The van der Waals surface area contributed by atoms with Gasteiger partial charge in [-0.3, -0.25) is 13.9 Å². The van der Waals surface area contributed by atoms with E-state index >= 15 is 0 Å². The number of amides is 2. The largest absolute Gasteiger partial charge is 0.355 e. The van der Waals surface area contributed by atoms with Crippen LogP contribution in [-0.2, 0) is 32.6 Å². The first-order chi connectivity index (χ1) is 20.6. The van der Waals surface area contributed by atoms with Crippen molar-refractivity contribution in [1.82, 2.24) is 10.2 Å². The van der Waals surface area contributed by atoms with E-state index in [0.29, 0.717) is 11.6 Å². The van der Waals surface area contributed by atoms with Crippen LogP contribution in [0.1, 0.15) is 23.6 Å². The Morgan fingerprint density at radius 2 is 1.51 bits per heavy atom. The summed E-state index contributed by atoms with van der Waals surface area (Å²) in [5.74, 6) is -0.862. The molecule has 4 aromatic carbocycles. The zero-order valence-electron chi connectivity index (χ0n) is 23.9. The first-order valence-corrected chi connectivity index (χ1v) is 16.4. The van der Waals surface area contributed by atoms with Crippen molar-refractivity contribution in [2.75, 3.05) is 17.4 Å². The number of benzene rings is 4. The molecule has 0 aliphatic heterocycles. The number of nitrogens with one attached hydrogen (secondary N) is 1. The van der Waals surface area contributed by atoms with E-state index in [1.165, 1.54) is 23.1 Å². The third-order valence-corrected chi connectivity index (χ3v) is 9.67. The number of halogens is 2. The van der Waals surface area contributed by atoms with Crippen LogP contribution in [-0.4, -0.2) is 44.3 Å². The second kappa shape index (κ2) is 14.7. The molecule has 224 valence electrons. The van der Waals surface area contributed by atoms with Gasteiger partial charge in [0.15, 0.2) is 0 Å². The quantitative estimate of drug-likeness (QED) is 0.188. The van der Waals surface area contributed by atoms with Gasteiger partial charge in [-0.25, -0.2) is 8.42 Å². The molecule has 0 aromatic heterocycles. The number of nitrogens with zero attached hydrogens (tertiary/aromatic N) is 2. The summed E-state index contributed by atoms with van der Waals surface area (Å²) in [6, 6.07) is 28.8. The van der Waals surface area contributed by atoms with Gasteiger partial charge >= 0.3 is 0 Å². The second-order valence-corrected chi connectivity index (χ2v) is 13.2. The maximum atomic E-state index is 14.4. The SMILES string of the molecule is CCNC(=O)[C@@H](Cc1ccccc1)N(Cc1ccc(Br)cc1)C(=O)CN(c1ccc(C)c(Cl)c1)S(=O)(=O)c1ccccc1. The lowest BCUT2D eigenvalue weighted by molar-refractivity contribution is -0.140. The molecule has 0 saturated heterocycles. The van der Waals surface area contributed by atoms with Gasteiger partial charge in [0.05, 0.1) is 10.6 Å². The summed E-state index contributed by atoms with van der Waals surface area (Å²) in [6.07, 6.45) is 0.247. The summed E-state index contributed by atoms with van der Waals surface area (Å²) in [5.41, 5.74) is 2.67. The molecule has 10 heteroatoms. The Hall–Kier alpha value is -3.66. The highest BCUT2D eigenvalue weighted by atomic mass is 79.9. The average Bonchev–Trinajstić information content (AvgIpc) is 3.01. The molecule has 0 spiro atoms. The van der Waals surface area contributed by atoms with Gasteiger partial charge in [0, 0.05) is 29.0 Å². The van der Waals surface area contributed by atoms with Gasteiger partial charge in [0.2, 0.25) is 11.8 Å². The molecule has 0 unspecified atom stereocenters. The molecule has 7 nitrogen and oxygen atoms in total. The summed E-state index contributed by atoms with van der Waals surface area (Å²) in [7, 11) is -4.19. The van der Waals surface area contributed by atoms with Gasteiger partial charge < -0.3 is 10.2 Å². The van der Waals surface area contributed by atoms with Gasteiger partial charge in [-0.2, -0.15) is 0 Å². The van der Waals surface area contributed by atoms with Gasteiger partial charge in [0.1, 0.15) is 12.6 Å². The van der Waals surface area contributed by atoms with Gasteiger partial charge in [0.25, 0.3) is 10.0 Å². The predicted molar refractivity (Wildman–Crippen MR) is 174 cm³/mol. The minimum absolute atomic E-state index is 0.0310. The summed E-state index contributed by atoms with van der Waals surface area (Å²) in [4.78, 5) is 29.4. The van der Waals surface area contributed by atoms with Crippen molar-refractivity contribution in [1.29, 1.82) is 0 Å². The minimum Gasteiger partial charge on any atom is -0.355 e. The molecule has 0 aliphatic rings. The van der Waals surface area contributed by atoms with Crippen LogP contribution in [0.4, 0.5) is 5.69 Å². The maximum absolute atomic E-state index is 14.4. The molecule has 2 amide bonds. The lowest BCUT2D eigenvalue weighted by Gasteiger charge is -2.34. The summed E-state index contributed by atoms with van der Waals surface area (Å²) >= 11 is 9.86. The molecular weight excluding hydrogens is 650 g/mol. The van der Waals surface area contributed by atoms with E-state index in [-0.39, 0.29) is 29.5 Å². The van der Waals surface area contributed by atoms with E-state index < -0.39 is 28.5 Å². The number of carbonyl (C=O) groups excluding carboxylic acids is 2. The normalized spacial score (nSPS) is 11.9. The fraction of sp³-hybridized carbons (Fsp3) is 0.212. The minimum atomic E-state index is -4.19. The van der Waals surface area contributed by atoms with Crippen molar-refractivity contribution in [3.05, 3.63) is 129 Å². The number of carbonyl (C=O) groups is 2. The first-order valence-electron chi connectivity index (χ1n) is 13.8. The van der Waals surface area contributed by atoms with Gasteiger partial charge in [-0.15, -0.1) is 0 Å². The summed E-state index contributed by atoms with van der Waals surface area (Å²) in [5, 5.41) is 3.23. The predicted octanol–water partition coefficient (Wildman–Crippen LogP) is 6.38. The molecule has 43 heavy (non-hydrogen) atoms. The fourth-order valence-corrected chi connectivity index (χ4v) is 6.48. The topological polar surface area (TPSA) is 86.8 Å². The Bertz CT molecular complexity index is 1650. The molecule has 4 rings (SSSR count). The van der Waals surface area contributed by atoms with Crippen molar-refractivity contribution in [2.24, 2.45) is 0 Å². The van der Waals surface area contributed by atoms with Crippen LogP contribution in [0.5, 0.6) is 0 Å². The number of hydrogen-bond donors (Lipinski definition) is 1. The van der Waals surface area contributed by atoms with Gasteiger partial charge in [-0.1, -0.05) is 94.3 Å². The number of hydrogen-bond acceptors (Lipinski definition) is 4. The third kappa shape index (κ3) is 8.25. The van der Waals surface area contributed by atoms with Crippen LogP contribution < -0.4 is 9.62 Å². The highest BCUT2D eigenvalue weighted by Gasteiger charge is 2.34. The summed E-state index contributed by atoms with van der Waals surface area (Å²) in [6.45, 7) is 3.55. The molecule has 0 fully saturated rings. The molecule has 0 saturated carbocycles. The molecule has 1 atom stereocenters. The van der Waals surface area contributed by atoms with E-state index in [1.54, 1.807) is 30.3 Å². The van der Waals surface area contributed by atoms with E-state index in [0.717, 1.165) is 25.5 Å². The second-order valence-electron chi connectivity index (χ2n) is 10.0. The van der Waals surface area contributed by atoms with Crippen LogP contribution in [0.3, 0.4) is 0 Å². The van der Waals surface area contributed by atoms with Gasteiger partial charge in [-0.05, 0) is 66.9 Å². The van der Waals surface area contributed by atoms with Crippen LogP contribution in [0.2, 0.25) is 5.02 Å². The van der Waals surface area contributed by atoms with Crippen molar-refractivity contribution >= 4 is 55.1 Å². The number of sulfonamides is 1. The number of rotatable bonds is 12. The molecule has 1 N–H and O–H groups in total. The lowest BCUT2D eigenvalue weighted by Crippen LogP contribution is -2.53. The highest BCUT2D eigenvalue weighted by Crippen LogP contribution is 2.29. The van der Waals surface area contributed by atoms with Crippen LogP contribution >= 0.6 is 27.5 Å². The standard InChI is InChI=1S/C33H33BrClN3O4S/c1-3-36-33(40)31(20-25-10-6-4-7-11-25)37(22-26-15-17-27(34)18-16-26)32(39)23-38(28-19-14-24(2)30(35)21-28)43(41,42)29-12-8-5-9-13-29/h4-19,21,31H,3,20,22-23H2,1-2H3,(H,36,40)/t31-/m1/s1. The number of aryl methyl sites for hydroxylation is 1. The van der Waals surface area contributed by atoms with E-state index in [1.807, 2.05) is 68.4 Å². The van der Waals surface area contributed by atoms with E-state index in [9.17, 15) is 18.0 Å². The number of likely N-dealkylation sites (N-methyl/N-ethyl adjacent to an activating group) is 1. The Morgan fingerprint density at radius 1 is 0.884 bits per heavy atom. The monoisotopic (exact) mass is 681 g/mol. The zero-order chi connectivity index (χ0) is 31.0. The van der Waals surface area contributed by atoms with Crippen molar-refractivity contribution in [2.45, 2.75) is 37.8 Å². The zero-order valence-corrected chi connectivity index (χ0v) is 27.1. The molecule has 0 aliphatic carbocycles. The third-order valence-electron chi connectivity index (χ3n) is 6.94. The average molecular weight is 683 g/mol. The van der Waals surface area contributed by atoms with Crippen LogP contribution in [0.15, 0.2) is 112 Å². The Kier molecular flexibility index (Phi) is 11.0. The first kappa shape index (κ1) is 32.3. The maximum Gasteiger partial charge on any atom is 0.264 e. The molecule has 0 heterocycles. The van der Waals surface area contributed by atoms with Crippen molar-refractivity contribution in [3.8, 4) is 0 Å². The van der Waals surface area contributed by atoms with Crippen molar-refractivity contribution in [3.63, 3.8) is 0 Å². The number of anilines is 1. The Balaban J connectivity index is 1.80. The Morgan fingerprint density at radius 3 is 2.12 bits per heavy atom. The lowest BCUT2D eigenvalue weighted by atomic mass is 10.0. The molecule has 4 aromatic rings. The fourth-order valence-electron chi connectivity index (χ4n) is 4.62. The van der Waals surface area contributed by atoms with E-state index in [2.05, 4.69) is 21.2 Å².